The van der Waals surface area contributed by atoms with Crippen LogP contribution in [0.2, 0.25) is 0 Å². The Hall–Kier alpha value is -2.31. The van der Waals surface area contributed by atoms with Gasteiger partial charge in [-0.1, -0.05) is 29.8 Å². The highest BCUT2D eigenvalue weighted by Gasteiger charge is 2.09. The maximum atomic E-state index is 9.47. The van der Waals surface area contributed by atoms with Gasteiger partial charge in [-0.2, -0.15) is 5.26 Å². The standard InChI is InChI=1S/C19H22N2O/c1-14-5-7-17(8-6-14)19(13-20)12-18-11-15(2)21(16(18)3)9-10-22-4/h5-8,11-12H,9-10H2,1-4H3/b19-12-. The molecule has 114 valence electrons. The molecule has 0 N–H and O–H groups in total. The summed E-state index contributed by atoms with van der Waals surface area (Å²) >= 11 is 0. The summed E-state index contributed by atoms with van der Waals surface area (Å²) in [6.07, 6.45) is 1.97. The lowest BCUT2D eigenvalue weighted by molar-refractivity contribution is 0.186. The molecule has 1 aromatic heterocycles. The van der Waals surface area contributed by atoms with E-state index in [9.17, 15) is 5.26 Å². The minimum absolute atomic E-state index is 0.683. The van der Waals surface area contributed by atoms with Crippen molar-refractivity contribution in [1.82, 2.24) is 4.57 Å². The Labute approximate surface area is 132 Å². The van der Waals surface area contributed by atoms with E-state index < -0.39 is 0 Å². The van der Waals surface area contributed by atoms with Crippen molar-refractivity contribution in [3.63, 3.8) is 0 Å². The van der Waals surface area contributed by atoms with Crippen LogP contribution in [-0.4, -0.2) is 18.3 Å². The number of aryl methyl sites for hydroxylation is 2. The van der Waals surface area contributed by atoms with Gasteiger partial charge in [0.05, 0.1) is 18.2 Å². The molecule has 0 aliphatic rings. The summed E-state index contributed by atoms with van der Waals surface area (Å²) in [7, 11) is 1.71. The molecule has 0 bridgehead atoms. The van der Waals surface area contributed by atoms with E-state index in [4.69, 9.17) is 4.74 Å². The van der Waals surface area contributed by atoms with Crippen LogP contribution < -0.4 is 0 Å². The number of rotatable bonds is 5. The number of benzene rings is 1. The first-order valence-electron chi connectivity index (χ1n) is 7.41. The average Bonchev–Trinajstić information content (AvgIpc) is 2.78. The van der Waals surface area contributed by atoms with Gasteiger partial charge in [0.2, 0.25) is 0 Å². The minimum atomic E-state index is 0.683. The predicted octanol–water partition coefficient (Wildman–Crippen LogP) is 4.12. The Morgan fingerprint density at radius 2 is 1.91 bits per heavy atom. The molecule has 2 aromatic rings. The summed E-state index contributed by atoms with van der Waals surface area (Å²) in [4.78, 5) is 0. The number of nitriles is 1. The molecule has 3 nitrogen and oxygen atoms in total. The van der Waals surface area contributed by atoms with Gasteiger partial charge >= 0.3 is 0 Å². The maximum absolute atomic E-state index is 9.47. The normalized spacial score (nSPS) is 11.5. The molecule has 0 saturated heterocycles. The third-order valence-corrected chi connectivity index (χ3v) is 3.91. The highest BCUT2D eigenvalue weighted by Crippen LogP contribution is 2.22. The van der Waals surface area contributed by atoms with Gasteiger partial charge < -0.3 is 9.30 Å². The van der Waals surface area contributed by atoms with Gasteiger partial charge in [0.15, 0.2) is 0 Å². The maximum Gasteiger partial charge on any atom is 0.0998 e. The summed E-state index contributed by atoms with van der Waals surface area (Å²) in [6.45, 7) is 7.72. The largest absolute Gasteiger partial charge is 0.383 e. The van der Waals surface area contributed by atoms with Crippen LogP contribution in [0.1, 0.15) is 28.1 Å². The zero-order chi connectivity index (χ0) is 16.1. The Morgan fingerprint density at radius 3 is 2.50 bits per heavy atom. The van der Waals surface area contributed by atoms with Crippen LogP contribution in [0.4, 0.5) is 0 Å². The van der Waals surface area contributed by atoms with Gasteiger partial charge in [-0.3, -0.25) is 0 Å². The lowest BCUT2D eigenvalue weighted by atomic mass is 10.0. The predicted molar refractivity (Wildman–Crippen MR) is 90.4 cm³/mol. The van der Waals surface area contributed by atoms with Gasteiger partial charge in [-0.25, -0.2) is 0 Å². The smallest absolute Gasteiger partial charge is 0.0998 e. The summed E-state index contributed by atoms with van der Waals surface area (Å²) in [6, 6.07) is 12.5. The zero-order valence-electron chi connectivity index (χ0n) is 13.7. The van der Waals surface area contributed by atoms with E-state index in [0.29, 0.717) is 12.2 Å². The molecular weight excluding hydrogens is 272 g/mol. The Balaban J connectivity index is 2.38. The third-order valence-electron chi connectivity index (χ3n) is 3.91. The Kier molecular flexibility index (Phi) is 5.19. The summed E-state index contributed by atoms with van der Waals surface area (Å²) < 4.78 is 7.38. The van der Waals surface area contributed by atoms with Crippen LogP contribution in [0.3, 0.4) is 0 Å². The van der Waals surface area contributed by atoms with E-state index >= 15 is 0 Å². The van der Waals surface area contributed by atoms with Crippen molar-refractivity contribution in [3.8, 4) is 6.07 Å². The lowest BCUT2D eigenvalue weighted by Gasteiger charge is -2.08. The van der Waals surface area contributed by atoms with Crippen LogP contribution in [0.25, 0.3) is 11.6 Å². The summed E-state index contributed by atoms with van der Waals surface area (Å²) in [5.74, 6) is 0. The minimum Gasteiger partial charge on any atom is -0.383 e. The molecule has 22 heavy (non-hydrogen) atoms. The van der Waals surface area contributed by atoms with Crippen LogP contribution in [0, 0.1) is 32.1 Å². The second-order valence-electron chi connectivity index (χ2n) is 5.51. The molecule has 0 unspecified atom stereocenters. The van der Waals surface area contributed by atoms with Crippen molar-refractivity contribution in [1.29, 1.82) is 5.26 Å². The van der Waals surface area contributed by atoms with Gasteiger partial charge in [-0.05, 0) is 44.0 Å². The third kappa shape index (κ3) is 3.47. The number of allylic oxidation sites excluding steroid dienone is 1. The fourth-order valence-electron chi connectivity index (χ4n) is 2.57. The van der Waals surface area contributed by atoms with Crippen molar-refractivity contribution in [2.75, 3.05) is 13.7 Å². The molecule has 2 rings (SSSR count). The zero-order valence-corrected chi connectivity index (χ0v) is 13.7. The Morgan fingerprint density at radius 1 is 1.23 bits per heavy atom. The molecule has 0 atom stereocenters. The second kappa shape index (κ2) is 7.11. The first kappa shape index (κ1) is 16.1. The molecule has 1 heterocycles. The number of ether oxygens (including phenoxy) is 1. The lowest BCUT2D eigenvalue weighted by Crippen LogP contribution is -2.07. The van der Waals surface area contributed by atoms with Gasteiger partial charge in [0.25, 0.3) is 0 Å². The van der Waals surface area contributed by atoms with E-state index in [1.807, 2.05) is 37.3 Å². The molecule has 1 aromatic carbocycles. The molecule has 0 radical (unpaired) electrons. The highest BCUT2D eigenvalue weighted by molar-refractivity contribution is 5.90. The average molecular weight is 294 g/mol. The number of methoxy groups -OCH3 is 1. The number of hydrogen-bond acceptors (Lipinski definition) is 2. The van der Waals surface area contributed by atoms with Gasteiger partial charge in [-0.15, -0.1) is 0 Å². The van der Waals surface area contributed by atoms with E-state index in [1.165, 1.54) is 11.3 Å². The first-order chi connectivity index (χ1) is 10.6. The fraction of sp³-hybridized carbons (Fsp3) is 0.316. The van der Waals surface area contributed by atoms with E-state index in [1.54, 1.807) is 7.11 Å². The van der Waals surface area contributed by atoms with Crippen LogP contribution in [0.5, 0.6) is 0 Å². The second-order valence-corrected chi connectivity index (χ2v) is 5.51. The summed E-state index contributed by atoms with van der Waals surface area (Å²) in [5.41, 5.74) is 6.27. The monoisotopic (exact) mass is 294 g/mol. The Bertz CT molecular complexity index is 715. The topological polar surface area (TPSA) is 38.0 Å². The van der Waals surface area contributed by atoms with E-state index in [-0.39, 0.29) is 0 Å². The van der Waals surface area contributed by atoms with Crippen LogP contribution in [-0.2, 0) is 11.3 Å². The van der Waals surface area contributed by atoms with Crippen molar-refractivity contribution < 1.29 is 4.74 Å². The summed E-state index contributed by atoms with van der Waals surface area (Å²) in [5, 5.41) is 9.47. The van der Waals surface area contributed by atoms with Gasteiger partial charge in [0.1, 0.15) is 0 Å². The molecule has 0 aliphatic carbocycles. The number of hydrogen-bond donors (Lipinski definition) is 0. The molecule has 0 saturated carbocycles. The van der Waals surface area contributed by atoms with Crippen LogP contribution >= 0.6 is 0 Å². The molecule has 0 spiro atoms. The van der Waals surface area contributed by atoms with Gasteiger partial charge in [0, 0.05) is 25.0 Å². The number of aromatic nitrogens is 1. The fourth-order valence-corrected chi connectivity index (χ4v) is 2.57. The number of nitrogens with zero attached hydrogens (tertiary/aromatic N) is 2. The quantitative estimate of drug-likeness (QED) is 0.778. The van der Waals surface area contributed by atoms with E-state index in [0.717, 1.165) is 23.4 Å². The molecule has 3 heteroatoms. The molecule has 0 amide bonds. The highest BCUT2D eigenvalue weighted by atomic mass is 16.5. The SMILES string of the molecule is COCCn1c(C)cc(/C=C(/C#N)c2ccc(C)cc2)c1C. The van der Waals surface area contributed by atoms with Crippen molar-refractivity contribution in [2.45, 2.75) is 27.3 Å². The molecule has 0 fully saturated rings. The van der Waals surface area contributed by atoms with Crippen LogP contribution in [0.15, 0.2) is 30.3 Å². The first-order valence-corrected chi connectivity index (χ1v) is 7.41. The van der Waals surface area contributed by atoms with E-state index in [2.05, 4.69) is 30.6 Å². The van der Waals surface area contributed by atoms with Crippen molar-refractivity contribution >= 4 is 11.6 Å². The molecular formula is C19H22N2O. The van der Waals surface area contributed by atoms with Crippen molar-refractivity contribution in [3.05, 3.63) is 58.4 Å². The van der Waals surface area contributed by atoms with Crippen molar-refractivity contribution in [2.24, 2.45) is 0 Å². The molecule has 0 aliphatic heterocycles.